The second-order valence-electron chi connectivity index (χ2n) is 3.60. The number of urea groups is 1. The maximum absolute atomic E-state index is 11.6. The Morgan fingerprint density at radius 3 is 2.86 bits per heavy atom. The van der Waals surface area contributed by atoms with Gasteiger partial charge >= 0.3 is 6.03 Å². The number of hydrogen-bond donors (Lipinski definition) is 2. The molecule has 2 heterocycles. The molecule has 76 valence electrons. The second-order valence-corrected chi connectivity index (χ2v) is 3.60. The van der Waals surface area contributed by atoms with Crippen LogP contribution < -0.4 is 5.73 Å². The number of nitrogens with two attached hydrogens (primary N) is 1. The van der Waals surface area contributed by atoms with Crippen LogP contribution in [-0.4, -0.2) is 40.1 Å². The Labute approximate surface area is 81.7 Å². The van der Waals surface area contributed by atoms with Crippen molar-refractivity contribution in [2.75, 3.05) is 19.8 Å². The summed E-state index contributed by atoms with van der Waals surface area (Å²) in [6.07, 6.45) is 0. The van der Waals surface area contributed by atoms with Crippen LogP contribution in [0.1, 0.15) is 11.3 Å². The smallest absolute Gasteiger partial charge is 0.320 e. The van der Waals surface area contributed by atoms with E-state index in [0.717, 1.165) is 11.3 Å². The number of carbonyl (C=O) groups is 1. The van der Waals surface area contributed by atoms with E-state index in [9.17, 15) is 4.79 Å². The molecule has 14 heavy (non-hydrogen) atoms. The molecule has 0 saturated heterocycles. The Kier molecular flexibility index (Phi) is 1.83. The van der Waals surface area contributed by atoms with Crippen molar-refractivity contribution in [1.82, 2.24) is 20.0 Å². The van der Waals surface area contributed by atoms with Crippen molar-refractivity contribution in [3.63, 3.8) is 0 Å². The van der Waals surface area contributed by atoms with Crippen LogP contribution in [0, 0.1) is 0 Å². The van der Waals surface area contributed by atoms with Crippen LogP contribution in [0.2, 0.25) is 0 Å². The molecule has 0 unspecified atom stereocenters. The molecule has 0 aliphatic carbocycles. The maximum atomic E-state index is 11.6. The van der Waals surface area contributed by atoms with E-state index in [1.165, 1.54) is 0 Å². The molecule has 2 rings (SSSR count). The largest absolute Gasteiger partial charge is 0.382 e. The van der Waals surface area contributed by atoms with Crippen LogP contribution in [0.25, 0.3) is 0 Å². The number of amides is 2. The summed E-state index contributed by atoms with van der Waals surface area (Å²) in [4.78, 5) is 14.9. The summed E-state index contributed by atoms with van der Waals surface area (Å²) in [5, 5.41) is 6.70. The molecule has 6 nitrogen and oxygen atoms in total. The minimum Gasteiger partial charge on any atom is -0.382 e. The number of aromatic nitrogens is 2. The molecule has 1 aliphatic heterocycles. The van der Waals surface area contributed by atoms with E-state index in [1.54, 1.807) is 23.9 Å². The van der Waals surface area contributed by atoms with E-state index in [0.29, 0.717) is 18.9 Å². The van der Waals surface area contributed by atoms with Crippen molar-refractivity contribution in [2.24, 2.45) is 0 Å². The first kappa shape index (κ1) is 8.86. The monoisotopic (exact) mass is 195 g/mol. The summed E-state index contributed by atoms with van der Waals surface area (Å²) in [7, 11) is 3.47. The molecule has 0 atom stereocenters. The van der Waals surface area contributed by atoms with Crippen LogP contribution in [0.4, 0.5) is 10.6 Å². The van der Waals surface area contributed by atoms with Gasteiger partial charge in [-0.1, -0.05) is 0 Å². The molecule has 3 N–H and O–H groups in total. The Morgan fingerprint density at radius 2 is 2.29 bits per heavy atom. The molecule has 2 amide bonds. The molecule has 1 aliphatic rings. The van der Waals surface area contributed by atoms with Gasteiger partial charge < -0.3 is 15.5 Å². The molecular weight excluding hydrogens is 182 g/mol. The molecule has 6 heteroatoms. The highest BCUT2D eigenvalue weighted by molar-refractivity contribution is 5.75. The van der Waals surface area contributed by atoms with Crippen molar-refractivity contribution in [3.05, 3.63) is 11.3 Å². The molecule has 0 radical (unpaired) electrons. The van der Waals surface area contributed by atoms with Crippen LogP contribution in [-0.2, 0) is 13.1 Å². The summed E-state index contributed by atoms with van der Waals surface area (Å²) in [5.41, 5.74) is 7.52. The topological polar surface area (TPSA) is 78.2 Å². The lowest BCUT2D eigenvalue weighted by Gasteiger charge is -2.20. The van der Waals surface area contributed by atoms with Crippen molar-refractivity contribution in [3.8, 4) is 0 Å². The fourth-order valence-electron chi connectivity index (χ4n) is 1.58. The Bertz CT molecular complexity index is 370. The average Bonchev–Trinajstić information content (AvgIpc) is 2.67. The van der Waals surface area contributed by atoms with Crippen LogP contribution >= 0.6 is 0 Å². The van der Waals surface area contributed by atoms with Gasteiger partial charge in [-0.15, -0.1) is 0 Å². The van der Waals surface area contributed by atoms with Gasteiger partial charge in [-0.25, -0.2) is 4.79 Å². The number of anilines is 1. The van der Waals surface area contributed by atoms with Crippen molar-refractivity contribution < 1.29 is 4.79 Å². The SMILES string of the molecule is CN(C)C(=O)N1Cc2[nH]nc(N)c2C1. The van der Waals surface area contributed by atoms with Crippen LogP contribution in [0.5, 0.6) is 0 Å². The number of H-pyrrole nitrogens is 1. The third kappa shape index (κ3) is 1.19. The van der Waals surface area contributed by atoms with E-state index in [-0.39, 0.29) is 6.03 Å². The number of hydrogen-bond acceptors (Lipinski definition) is 3. The zero-order valence-corrected chi connectivity index (χ0v) is 8.24. The number of nitrogens with one attached hydrogen (secondary N) is 1. The first-order valence-corrected chi connectivity index (χ1v) is 4.37. The molecule has 0 saturated carbocycles. The predicted molar refractivity (Wildman–Crippen MR) is 51.3 cm³/mol. The number of rotatable bonds is 0. The van der Waals surface area contributed by atoms with Crippen LogP contribution in [0.15, 0.2) is 0 Å². The summed E-state index contributed by atoms with van der Waals surface area (Å²) in [6.45, 7) is 1.12. The summed E-state index contributed by atoms with van der Waals surface area (Å²) in [6, 6.07) is -0.00556. The third-order valence-electron chi connectivity index (χ3n) is 2.34. The Hall–Kier alpha value is -1.72. The first-order valence-electron chi connectivity index (χ1n) is 4.37. The standard InChI is InChI=1S/C8H13N5O/c1-12(2)8(14)13-3-5-6(4-13)10-11-7(5)9/h3-4H2,1-2H3,(H3,9,10,11). The third-order valence-corrected chi connectivity index (χ3v) is 2.34. The first-order chi connectivity index (χ1) is 6.59. The molecule has 0 fully saturated rings. The number of carbonyl (C=O) groups excluding carboxylic acids is 1. The van der Waals surface area contributed by atoms with Gasteiger partial charge in [-0.3, -0.25) is 5.10 Å². The molecule has 0 spiro atoms. The van der Waals surface area contributed by atoms with Crippen molar-refractivity contribution >= 4 is 11.8 Å². The highest BCUT2D eigenvalue weighted by Crippen LogP contribution is 2.25. The number of fused-ring (bicyclic) bond motifs is 1. The van der Waals surface area contributed by atoms with Gasteiger partial charge in [-0.05, 0) is 0 Å². The van der Waals surface area contributed by atoms with Gasteiger partial charge in [-0.2, -0.15) is 5.10 Å². The number of aromatic amines is 1. The van der Waals surface area contributed by atoms with Gasteiger partial charge in [0.2, 0.25) is 0 Å². The predicted octanol–water partition coefficient (Wildman–Crippen LogP) is -0.0109. The number of nitrogen functional groups attached to an aromatic ring is 1. The van der Waals surface area contributed by atoms with Gasteiger partial charge in [0, 0.05) is 19.7 Å². The molecule has 0 aromatic carbocycles. The van der Waals surface area contributed by atoms with Gasteiger partial charge in [0.05, 0.1) is 18.8 Å². The van der Waals surface area contributed by atoms with Gasteiger partial charge in [0.15, 0.2) is 5.82 Å². The van der Waals surface area contributed by atoms with E-state index in [1.807, 2.05) is 0 Å². The molecule has 0 bridgehead atoms. The van der Waals surface area contributed by atoms with E-state index in [2.05, 4.69) is 10.2 Å². The minimum absolute atomic E-state index is 0.00556. The average molecular weight is 195 g/mol. The second kappa shape index (κ2) is 2.90. The Balaban J connectivity index is 2.16. The normalized spacial score (nSPS) is 14.3. The molecule has 1 aromatic heterocycles. The lowest BCUT2D eigenvalue weighted by molar-refractivity contribution is 0.171. The minimum atomic E-state index is -0.00556. The zero-order chi connectivity index (χ0) is 10.3. The highest BCUT2D eigenvalue weighted by Gasteiger charge is 2.27. The lowest BCUT2D eigenvalue weighted by Crippen LogP contribution is -2.35. The quantitative estimate of drug-likeness (QED) is 0.611. The fourth-order valence-corrected chi connectivity index (χ4v) is 1.58. The summed E-state index contributed by atoms with van der Waals surface area (Å²) < 4.78 is 0. The maximum Gasteiger partial charge on any atom is 0.320 e. The van der Waals surface area contributed by atoms with E-state index < -0.39 is 0 Å². The van der Waals surface area contributed by atoms with E-state index >= 15 is 0 Å². The number of nitrogens with zero attached hydrogens (tertiary/aromatic N) is 3. The van der Waals surface area contributed by atoms with Crippen molar-refractivity contribution in [2.45, 2.75) is 13.1 Å². The van der Waals surface area contributed by atoms with Gasteiger partial charge in [0.25, 0.3) is 0 Å². The van der Waals surface area contributed by atoms with E-state index in [4.69, 9.17) is 5.73 Å². The molecular formula is C8H13N5O. The summed E-state index contributed by atoms with van der Waals surface area (Å²) in [5.74, 6) is 0.494. The van der Waals surface area contributed by atoms with Gasteiger partial charge in [0.1, 0.15) is 0 Å². The Morgan fingerprint density at radius 1 is 1.57 bits per heavy atom. The molecule has 1 aromatic rings. The fraction of sp³-hybridized carbons (Fsp3) is 0.500. The van der Waals surface area contributed by atoms with Crippen LogP contribution in [0.3, 0.4) is 0 Å². The highest BCUT2D eigenvalue weighted by atomic mass is 16.2. The van der Waals surface area contributed by atoms with Crippen molar-refractivity contribution in [1.29, 1.82) is 0 Å². The zero-order valence-electron chi connectivity index (χ0n) is 8.24. The summed E-state index contributed by atoms with van der Waals surface area (Å²) >= 11 is 0. The lowest BCUT2D eigenvalue weighted by atomic mass is 10.3.